The second kappa shape index (κ2) is 8.53. The van der Waals surface area contributed by atoms with Gasteiger partial charge in [-0.15, -0.1) is 0 Å². The second-order valence-corrected chi connectivity index (χ2v) is 7.23. The molecule has 2 aromatic rings. The normalized spacial score (nSPS) is 16.2. The number of anilines is 1. The van der Waals surface area contributed by atoms with E-state index in [-0.39, 0.29) is 24.3 Å². The van der Waals surface area contributed by atoms with Gasteiger partial charge in [-0.25, -0.2) is 4.39 Å². The molecule has 0 bridgehead atoms. The van der Waals surface area contributed by atoms with Crippen LogP contribution in [0.1, 0.15) is 23.6 Å². The lowest BCUT2D eigenvalue weighted by molar-refractivity contribution is -0.126. The zero-order valence-corrected chi connectivity index (χ0v) is 16.3. The number of benzene rings is 2. The summed E-state index contributed by atoms with van der Waals surface area (Å²) in [6.45, 7) is 9.91. The van der Waals surface area contributed by atoms with Crippen molar-refractivity contribution < 1.29 is 9.18 Å². The third kappa shape index (κ3) is 4.48. The predicted molar refractivity (Wildman–Crippen MR) is 107 cm³/mol. The van der Waals surface area contributed by atoms with Gasteiger partial charge < -0.3 is 10.2 Å². The molecule has 0 spiro atoms. The van der Waals surface area contributed by atoms with E-state index < -0.39 is 0 Å². The molecule has 0 aliphatic carbocycles. The van der Waals surface area contributed by atoms with Crippen LogP contribution in [0, 0.1) is 19.7 Å². The lowest BCUT2D eigenvalue weighted by atomic mass is 10.1. The lowest BCUT2D eigenvalue weighted by Crippen LogP contribution is -2.54. The van der Waals surface area contributed by atoms with E-state index in [4.69, 9.17) is 0 Å². The molecule has 1 atom stereocenters. The number of amides is 1. The number of hydrogen-bond acceptors (Lipinski definition) is 3. The number of piperazine rings is 1. The monoisotopic (exact) mass is 369 g/mol. The Morgan fingerprint density at radius 3 is 2.48 bits per heavy atom. The van der Waals surface area contributed by atoms with Crippen LogP contribution in [0.5, 0.6) is 0 Å². The number of carbonyl (C=O) groups is 1. The average molecular weight is 369 g/mol. The van der Waals surface area contributed by atoms with E-state index in [0.29, 0.717) is 5.56 Å². The fraction of sp³-hybridized carbons (Fsp3) is 0.409. The molecule has 5 heteroatoms. The molecule has 4 nitrogen and oxygen atoms in total. The van der Waals surface area contributed by atoms with Crippen molar-refractivity contribution in [2.24, 2.45) is 0 Å². The molecule has 1 aliphatic rings. The quantitative estimate of drug-likeness (QED) is 0.879. The Morgan fingerprint density at radius 1 is 1.07 bits per heavy atom. The Labute approximate surface area is 161 Å². The van der Waals surface area contributed by atoms with Gasteiger partial charge in [-0.05, 0) is 44.0 Å². The molecule has 1 N–H and O–H groups in total. The van der Waals surface area contributed by atoms with Gasteiger partial charge in [-0.3, -0.25) is 9.69 Å². The molecule has 2 aromatic carbocycles. The van der Waals surface area contributed by atoms with Crippen LogP contribution in [0.3, 0.4) is 0 Å². The fourth-order valence-corrected chi connectivity index (χ4v) is 3.57. The third-order valence-electron chi connectivity index (χ3n) is 5.57. The highest BCUT2D eigenvalue weighted by atomic mass is 19.1. The first-order valence-corrected chi connectivity index (χ1v) is 9.53. The Hall–Kier alpha value is -2.40. The van der Waals surface area contributed by atoms with Gasteiger partial charge in [0.2, 0.25) is 5.91 Å². The summed E-state index contributed by atoms with van der Waals surface area (Å²) in [6.07, 6.45) is 0. The van der Waals surface area contributed by atoms with Gasteiger partial charge in [-0.2, -0.15) is 0 Å². The summed E-state index contributed by atoms with van der Waals surface area (Å²) in [5, 5.41) is 2.86. The van der Waals surface area contributed by atoms with Gasteiger partial charge in [0.25, 0.3) is 0 Å². The zero-order valence-electron chi connectivity index (χ0n) is 16.3. The number of carbonyl (C=O) groups excluding carboxylic acids is 1. The number of halogens is 1. The minimum Gasteiger partial charge on any atom is -0.369 e. The zero-order chi connectivity index (χ0) is 19.4. The van der Waals surface area contributed by atoms with E-state index in [0.717, 1.165) is 26.2 Å². The van der Waals surface area contributed by atoms with Gasteiger partial charge in [0.05, 0.1) is 6.04 Å². The molecule has 1 aliphatic heterocycles. The van der Waals surface area contributed by atoms with E-state index >= 15 is 0 Å². The maximum atomic E-state index is 13.7. The Morgan fingerprint density at radius 2 is 1.78 bits per heavy atom. The second-order valence-electron chi connectivity index (χ2n) is 7.23. The summed E-state index contributed by atoms with van der Waals surface area (Å²) in [5.74, 6) is -0.342. The summed E-state index contributed by atoms with van der Waals surface area (Å²) in [7, 11) is 0. The van der Waals surface area contributed by atoms with Crippen molar-refractivity contribution in [1.82, 2.24) is 10.2 Å². The van der Waals surface area contributed by atoms with E-state index in [1.54, 1.807) is 18.2 Å². The Bertz CT molecular complexity index is 800. The van der Waals surface area contributed by atoms with E-state index in [1.807, 2.05) is 6.92 Å². The van der Waals surface area contributed by atoms with Crippen LogP contribution in [0.4, 0.5) is 10.1 Å². The van der Waals surface area contributed by atoms with Crippen LogP contribution in [0.2, 0.25) is 0 Å². The van der Waals surface area contributed by atoms with Crippen LogP contribution >= 0.6 is 0 Å². The van der Waals surface area contributed by atoms with Crippen LogP contribution in [-0.2, 0) is 11.3 Å². The average Bonchev–Trinajstić information content (AvgIpc) is 2.69. The standard InChI is InChI=1S/C22H28FN3O/c1-16-7-6-10-21(17(16)2)26-13-11-25(12-14-26)18(3)22(27)24-15-19-8-4-5-9-20(19)23/h4-10,18H,11-15H2,1-3H3,(H,24,27)/t18-/m0/s1. The van der Waals surface area contributed by atoms with Crippen molar-refractivity contribution in [2.45, 2.75) is 33.4 Å². The molecule has 0 saturated carbocycles. The largest absolute Gasteiger partial charge is 0.369 e. The maximum absolute atomic E-state index is 13.7. The summed E-state index contributed by atoms with van der Waals surface area (Å²) in [4.78, 5) is 17.1. The minimum absolute atomic E-state index is 0.0570. The molecule has 0 aromatic heterocycles. The highest BCUT2D eigenvalue weighted by Crippen LogP contribution is 2.24. The smallest absolute Gasteiger partial charge is 0.237 e. The van der Waals surface area contributed by atoms with Gasteiger partial charge in [0.1, 0.15) is 5.82 Å². The molecule has 1 amide bonds. The lowest BCUT2D eigenvalue weighted by Gasteiger charge is -2.39. The summed E-state index contributed by atoms with van der Waals surface area (Å²) >= 11 is 0. The molecule has 0 unspecified atom stereocenters. The number of nitrogens with zero attached hydrogens (tertiary/aromatic N) is 2. The molecule has 3 rings (SSSR count). The first-order valence-electron chi connectivity index (χ1n) is 9.53. The van der Waals surface area contributed by atoms with Crippen molar-refractivity contribution >= 4 is 11.6 Å². The van der Waals surface area contributed by atoms with Gasteiger partial charge >= 0.3 is 0 Å². The molecule has 0 radical (unpaired) electrons. The van der Waals surface area contributed by atoms with E-state index in [1.165, 1.54) is 22.9 Å². The predicted octanol–water partition coefficient (Wildman–Crippen LogP) is 3.27. The van der Waals surface area contributed by atoms with Crippen LogP contribution in [0.15, 0.2) is 42.5 Å². The van der Waals surface area contributed by atoms with Gasteiger partial charge in [0, 0.05) is 44.0 Å². The van der Waals surface area contributed by atoms with Crippen LogP contribution in [-0.4, -0.2) is 43.0 Å². The minimum atomic E-state index is -0.285. The van der Waals surface area contributed by atoms with Crippen molar-refractivity contribution in [2.75, 3.05) is 31.1 Å². The van der Waals surface area contributed by atoms with Gasteiger partial charge in [-0.1, -0.05) is 30.3 Å². The summed E-state index contributed by atoms with van der Waals surface area (Å²) in [6, 6.07) is 12.7. The topological polar surface area (TPSA) is 35.6 Å². The van der Waals surface area contributed by atoms with E-state index in [2.05, 4.69) is 47.2 Å². The Balaban J connectivity index is 1.53. The summed E-state index contributed by atoms with van der Waals surface area (Å²) in [5.41, 5.74) is 4.42. The maximum Gasteiger partial charge on any atom is 0.237 e. The first-order chi connectivity index (χ1) is 13.0. The SMILES string of the molecule is Cc1cccc(N2CCN([C@@H](C)C(=O)NCc3ccccc3F)CC2)c1C. The molecule has 144 valence electrons. The molecule has 27 heavy (non-hydrogen) atoms. The highest BCUT2D eigenvalue weighted by Gasteiger charge is 2.26. The highest BCUT2D eigenvalue weighted by molar-refractivity contribution is 5.81. The first kappa shape index (κ1) is 19.4. The molecule has 1 fully saturated rings. The molecule has 1 saturated heterocycles. The van der Waals surface area contributed by atoms with Crippen molar-refractivity contribution in [1.29, 1.82) is 0 Å². The van der Waals surface area contributed by atoms with Crippen molar-refractivity contribution in [3.8, 4) is 0 Å². The summed E-state index contributed by atoms with van der Waals surface area (Å²) < 4.78 is 13.7. The number of rotatable bonds is 5. The number of nitrogens with one attached hydrogen (secondary N) is 1. The van der Waals surface area contributed by atoms with Crippen molar-refractivity contribution in [3.05, 3.63) is 65.0 Å². The Kier molecular flexibility index (Phi) is 6.11. The van der Waals surface area contributed by atoms with Gasteiger partial charge in [0.15, 0.2) is 0 Å². The molecular formula is C22H28FN3O. The van der Waals surface area contributed by atoms with Crippen LogP contribution < -0.4 is 10.2 Å². The van der Waals surface area contributed by atoms with Crippen molar-refractivity contribution in [3.63, 3.8) is 0 Å². The third-order valence-corrected chi connectivity index (χ3v) is 5.57. The molecule has 1 heterocycles. The number of hydrogen-bond donors (Lipinski definition) is 1. The fourth-order valence-electron chi connectivity index (χ4n) is 3.57. The van der Waals surface area contributed by atoms with E-state index in [9.17, 15) is 9.18 Å². The van der Waals surface area contributed by atoms with Crippen LogP contribution in [0.25, 0.3) is 0 Å². The molecular weight excluding hydrogens is 341 g/mol. The number of aryl methyl sites for hydroxylation is 1.